The zero-order chi connectivity index (χ0) is 14.8. The molecule has 1 aliphatic heterocycles. The lowest BCUT2D eigenvalue weighted by atomic mass is 9.86. The van der Waals surface area contributed by atoms with Gasteiger partial charge in [0.05, 0.1) is 0 Å². The Bertz CT molecular complexity index is 653. The first-order chi connectivity index (χ1) is 10.1. The number of carboxylic acid groups (broad SMARTS) is 1. The minimum Gasteiger partial charge on any atom is -0.465 e. The van der Waals surface area contributed by atoms with E-state index in [2.05, 4.69) is 4.74 Å². The molecule has 2 aromatic rings. The van der Waals surface area contributed by atoms with Crippen LogP contribution >= 0.6 is 0 Å². The quantitative estimate of drug-likeness (QED) is 0.655. The smallest absolute Gasteiger partial charge is 0.465 e. The van der Waals surface area contributed by atoms with Crippen molar-refractivity contribution >= 4 is 6.16 Å². The lowest BCUT2D eigenvalue weighted by Gasteiger charge is -2.30. The molecule has 0 radical (unpaired) electrons. The number of ether oxygens (including phenoxy) is 2. The maximum Gasteiger partial charge on any atom is 0.511 e. The molecule has 0 saturated heterocycles. The monoisotopic (exact) mass is 286 g/mol. The molecule has 0 amide bonds. The van der Waals surface area contributed by atoms with Crippen LogP contribution in [-0.2, 0) is 0 Å². The van der Waals surface area contributed by atoms with Crippen molar-refractivity contribution in [1.82, 2.24) is 0 Å². The normalized spacial score (nSPS) is 20.2. The van der Waals surface area contributed by atoms with Crippen molar-refractivity contribution in [3.8, 4) is 11.5 Å². The second-order valence-electron chi connectivity index (χ2n) is 4.84. The van der Waals surface area contributed by atoms with Crippen LogP contribution in [-0.4, -0.2) is 22.7 Å². The maximum atomic E-state index is 10.6. The fourth-order valence-electron chi connectivity index (χ4n) is 2.59. The fraction of sp³-hybridized carbons (Fsp3) is 0.188. The molecule has 0 spiro atoms. The average Bonchev–Trinajstić information content (AvgIpc) is 2.47. The predicted octanol–water partition coefficient (Wildman–Crippen LogP) is 2.98. The number of benzene rings is 2. The van der Waals surface area contributed by atoms with Gasteiger partial charge in [0, 0.05) is 17.9 Å². The van der Waals surface area contributed by atoms with E-state index >= 15 is 0 Å². The van der Waals surface area contributed by atoms with Gasteiger partial charge in [-0.25, -0.2) is 4.79 Å². The number of aliphatic hydroxyl groups excluding tert-OH is 1. The molecule has 0 fully saturated rings. The highest BCUT2D eigenvalue weighted by Gasteiger charge is 2.28. The van der Waals surface area contributed by atoms with Crippen molar-refractivity contribution < 1.29 is 24.5 Å². The summed E-state index contributed by atoms with van der Waals surface area (Å²) in [4.78, 5) is 10.6. The van der Waals surface area contributed by atoms with E-state index in [-0.39, 0.29) is 11.7 Å². The van der Waals surface area contributed by atoms with E-state index in [4.69, 9.17) is 9.84 Å². The third-order valence-corrected chi connectivity index (χ3v) is 3.46. The van der Waals surface area contributed by atoms with Gasteiger partial charge in [0.15, 0.2) is 6.29 Å². The summed E-state index contributed by atoms with van der Waals surface area (Å²) in [6.45, 7) is 0. The largest absolute Gasteiger partial charge is 0.511 e. The molecular weight excluding hydrogens is 272 g/mol. The van der Waals surface area contributed by atoms with Crippen LogP contribution in [0.3, 0.4) is 0 Å². The molecule has 108 valence electrons. The van der Waals surface area contributed by atoms with E-state index in [0.717, 1.165) is 11.1 Å². The summed E-state index contributed by atoms with van der Waals surface area (Å²) in [5.74, 6) is 0.713. The summed E-state index contributed by atoms with van der Waals surface area (Å²) < 4.78 is 10.1. The summed E-state index contributed by atoms with van der Waals surface area (Å²) >= 11 is 0. The third-order valence-electron chi connectivity index (χ3n) is 3.46. The molecule has 1 heterocycles. The molecule has 0 bridgehead atoms. The van der Waals surface area contributed by atoms with E-state index in [1.807, 2.05) is 30.3 Å². The lowest BCUT2D eigenvalue weighted by Crippen LogP contribution is -2.25. The molecule has 0 unspecified atom stereocenters. The molecule has 2 N–H and O–H groups in total. The molecular formula is C16H14O5. The molecule has 5 heteroatoms. The van der Waals surface area contributed by atoms with Crippen molar-refractivity contribution in [2.24, 2.45) is 0 Å². The van der Waals surface area contributed by atoms with Crippen LogP contribution in [0.4, 0.5) is 4.79 Å². The van der Waals surface area contributed by atoms with Crippen molar-refractivity contribution in [3.05, 3.63) is 59.7 Å². The summed E-state index contributed by atoms with van der Waals surface area (Å²) in [5, 5.41) is 18.6. The number of hydrogen-bond donors (Lipinski definition) is 2. The summed E-state index contributed by atoms with van der Waals surface area (Å²) in [6.07, 6.45) is -1.83. The second-order valence-corrected chi connectivity index (χ2v) is 4.84. The minimum absolute atomic E-state index is 0.0673. The first kappa shape index (κ1) is 13.5. The Hall–Kier alpha value is -2.53. The second kappa shape index (κ2) is 5.46. The molecule has 5 nitrogen and oxygen atoms in total. The molecule has 2 atom stereocenters. The van der Waals surface area contributed by atoms with Crippen LogP contribution in [0.2, 0.25) is 0 Å². The Labute approximate surface area is 121 Å². The van der Waals surface area contributed by atoms with E-state index in [0.29, 0.717) is 12.2 Å². The lowest BCUT2D eigenvalue weighted by molar-refractivity contribution is -0.0360. The molecule has 0 saturated carbocycles. The number of hydrogen-bond acceptors (Lipinski definition) is 4. The molecule has 21 heavy (non-hydrogen) atoms. The Morgan fingerprint density at radius 2 is 1.95 bits per heavy atom. The Kier molecular flexibility index (Phi) is 3.50. The first-order valence-corrected chi connectivity index (χ1v) is 6.58. The Balaban J connectivity index is 2.03. The third kappa shape index (κ3) is 2.83. The van der Waals surface area contributed by atoms with E-state index in [9.17, 15) is 9.90 Å². The van der Waals surface area contributed by atoms with Crippen LogP contribution in [0.25, 0.3) is 0 Å². The van der Waals surface area contributed by atoms with Crippen molar-refractivity contribution in [1.29, 1.82) is 0 Å². The van der Waals surface area contributed by atoms with Crippen LogP contribution in [0.1, 0.15) is 23.5 Å². The van der Waals surface area contributed by atoms with Crippen LogP contribution in [0.5, 0.6) is 11.5 Å². The highest BCUT2D eigenvalue weighted by atomic mass is 16.7. The topological polar surface area (TPSA) is 76.0 Å². The SMILES string of the molecule is O=C(O)Oc1ccc2c(c1)[C@@H](c1ccccc1)C[C@H](O)O2. The highest BCUT2D eigenvalue weighted by molar-refractivity contribution is 5.62. The van der Waals surface area contributed by atoms with Crippen molar-refractivity contribution in [3.63, 3.8) is 0 Å². The van der Waals surface area contributed by atoms with Crippen molar-refractivity contribution in [2.75, 3.05) is 0 Å². The van der Waals surface area contributed by atoms with Gasteiger partial charge in [0.25, 0.3) is 0 Å². The molecule has 0 aromatic heterocycles. The summed E-state index contributed by atoms with van der Waals surface area (Å²) in [5.41, 5.74) is 1.85. The Morgan fingerprint density at radius 3 is 2.67 bits per heavy atom. The summed E-state index contributed by atoms with van der Waals surface area (Å²) in [6, 6.07) is 14.5. The predicted molar refractivity (Wildman–Crippen MR) is 74.6 cm³/mol. The van der Waals surface area contributed by atoms with Gasteiger partial charge in [-0.3, -0.25) is 0 Å². The van der Waals surface area contributed by atoms with E-state index in [1.165, 1.54) is 6.07 Å². The zero-order valence-corrected chi connectivity index (χ0v) is 11.1. The van der Waals surface area contributed by atoms with Gasteiger partial charge < -0.3 is 19.7 Å². The summed E-state index contributed by atoms with van der Waals surface area (Å²) in [7, 11) is 0. The minimum atomic E-state index is -1.36. The molecule has 0 aliphatic carbocycles. The molecule has 2 aromatic carbocycles. The highest BCUT2D eigenvalue weighted by Crippen LogP contribution is 2.41. The van der Waals surface area contributed by atoms with Crippen LogP contribution in [0.15, 0.2) is 48.5 Å². The van der Waals surface area contributed by atoms with Gasteiger partial charge in [-0.1, -0.05) is 30.3 Å². The first-order valence-electron chi connectivity index (χ1n) is 6.58. The van der Waals surface area contributed by atoms with Crippen LogP contribution in [0, 0.1) is 0 Å². The fourth-order valence-corrected chi connectivity index (χ4v) is 2.59. The number of rotatable bonds is 2. The van der Waals surface area contributed by atoms with Gasteiger partial charge in [0.2, 0.25) is 0 Å². The van der Waals surface area contributed by atoms with E-state index < -0.39 is 12.4 Å². The Morgan fingerprint density at radius 1 is 1.19 bits per heavy atom. The van der Waals surface area contributed by atoms with Gasteiger partial charge in [-0.15, -0.1) is 0 Å². The zero-order valence-electron chi connectivity index (χ0n) is 11.1. The number of carbonyl (C=O) groups is 1. The molecule has 1 aliphatic rings. The maximum absolute atomic E-state index is 10.6. The van der Waals surface area contributed by atoms with Gasteiger partial charge >= 0.3 is 6.16 Å². The number of aliphatic hydroxyl groups is 1. The van der Waals surface area contributed by atoms with Gasteiger partial charge in [0.1, 0.15) is 11.5 Å². The van der Waals surface area contributed by atoms with Crippen molar-refractivity contribution in [2.45, 2.75) is 18.6 Å². The van der Waals surface area contributed by atoms with E-state index in [1.54, 1.807) is 12.1 Å². The average molecular weight is 286 g/mol. The molecule has 3 rings (SSSR count). The number of fused-ring (bicyclic) bond motifs is 1. The van der Waals surface area contributed by atoms with Gasteiger partial charge in [-0.05, 0) is 23.8 Å². The van der Waals surface area contributed by atoms with Crippen LogP contribution < -0.4 is 9.47 Å². The standard InChI is InChI=1S/C16H14O5/c17-15-9-12(10-4-2-1-3-5-10)13-8-11(20-16(18)19)6-7-14(13)21-15/h1-8,12,15,17H,9H2,(H,18,19)/t12-,15-/m1/s1. The van der Waals surface area contributed by atoms with Gasteiger partial charge in [-0.2, -0.15) is 0 Å².